The van der Waals surface area contributed by atoms with E-state index in [1.54, 1.807) is 6.20 Å². The minimum Gasteiger partial charge on any atom is -0.490 e. The molecule has 0 saturated carbocycles. The van der Waals surface area contributed by atoms with Crippen molar-refractivity contribution in [3.8, 4) is 5.75 Å². The fourth-order valence-corrected chi connectivity index (χ4v) is 1.93. The van der Waals surface area contributed by atoms with Crippen LogP contribution in [0.25, 0.3) is 0 Å². The lowest BCUT2D eigenvalue weighted by Crippen LogP contribution is -2.22. The lowest BCUT2D eigenvalue weighted by Gasteiger charge is -2.15. The van der Waals surface area contributed by atoms with Gasteiger partial charge in [0, 0.05) is 6.54 Å². The van der Waals surface area contributed by atoms with Crippen LogP contribution in [-0.2, 0) is 0 Å². The molecule has 2 rings (SSSR count). The van der Waals surface area contributed by atoms with E-state index in [9.17, 15) is 4.79 Å². The van der Waals surface area contributed by atoms with Crippen LogP contribution in [0.15, 0.2) is 30.6 Å². The maximum Gasteiger partial charge on any atom is 0.324 e. The molecule has 0 atom stereocenters. The predicted molar refractivity (Wildman–Crippen MR) is 94.6 cm³/mol. The molecule has 1 heterocycles. The second-order valence-electron chi connectivity index (χ2n) is 5.77. The van der Waals surface area contributed by atoms with Crippen LogP contribution in [0.5, 0.6) is 5.75 Å². The van der Waals surface area contributed by atoms with Gasteiger partial charge in [-0.15, -0.1) is 0 Å². The first-order valence-electron chi connectivity index (χ1n) is 7.69. The van der Waals surface area contributed by atoms with Crippen molar-refractivity contribution in [2.75, 3.05) is 37.9 Å². The summed E-state index contributed by atoms with van der Waals surface area (Å²) < 4.78 is 5.76. The van der Waals surface area contributed by atoms with E-state index in [0.29, 0.717) is 23.9 Å². The number of aryl methyl sites for hydroxylation is 2. The van der Waals surface area contributed by atoms with Crippen molar-refractivity contribution in [2.45, 2.75) is 13.8 Å². The number of carbonyl (C=O) groups is 1. The first-order valence-corrected chi connectivity index (χ1v) is 7.69. The van der Waals surface area contributed by atoms with Gasteiger partial charge < -0.3 is 15.0 Å². The van der Waals surface area contributed by atoms with Gasteiger partial charge in [-0.05, 0) is 45.6 Å². The van der Waals surface area contributed by atoms with Crippen LogP contribution in [-0.4, -0.2) is 48.1 Å². The molecule has 0 aliphatic carbocycles. The summed E-state index contributed by atoms with van der Waals surface area (Å²) in [6.07, 6.45) is 3.11. The number of anilines is 2. The largest absolute Gasteiger partial charge is 0.490 e. The Morgan fingerprint density at radius 1 is 1.17 bits per heavy atom. The van der Waals surface area contributed by atoms with Crippen LogP contribution in [0.3, 0.4) is 0 Å². The molecule has 1 aromatic heterocycles. The SMILES string of the molecule is Cc1ccc(OCCN(C)C)c(NC(=O)Nc2cnc(C)cn2)c1. The number of ether oxygens (including phenoxy) is 1. The van der Waals surface area contributed by atoms with Gasteiger partial charge in [-0.3, -0.25) is 10.3 Å². The first kappa shape index (κ1) is 17.7. The lowest BCUT2D eigenvalue weighted by molar-refractivity contribution is 0.258. The molecule has 0 aliphatic heterocycles. The number of urea groups is 1. The fraction of sp³-hybridized carbons (Fsp3) is 0.353. The maximum absolute atomic E-state index is 12.2. The van der Waals surface area contributed by atoms with Crippen LogP contribution in [0.2, 0.25) is 0 Å². The van der Waals surface area contributed by atoms with Gasteiger partial charge in [0.25, 0.3) is 0 Å². The summed E-state index contributed by atoms with van der Waals surface area (Å²) in [6.45, 7) is 5.12. The second-order valence-corrected chi connectivity index (χ2v) is 5.77. The maximum atomic E-state index is 12.2. The highest BCUT2D eigenvalue weighted by Gasteiger charge is 2.09. The van der Waals surface area contributed by atoms with E-state index in [0.717, 1.165) is 17.8 Å². The molecule has 2 aromatic rings. The van der Waals surface area contributed by atoms with Gasteiger partial charge in [0.1, 0.15) is 12.4 Å². The third kappa shape index (κ3) is 5.51. The van der Waals surface area contributed by atoms with E-state index in [-0.39, 0.29) is 0 Å². The summed E-state index contributed by atoms with van der Waals surface area (Å²) in [7, 11) is 3.96. The van der Waals surface area contributed by atoms with Crippen molar-refractivity contribution in [1.82, 2.24) is 14.9 Å². The highest BCUT2D eigenvalue weighted by atomic mass is 16.5. The lowest BCUT2D eigenvalue weighted by atomic mass is 10.2. The Bertz CT molecular complexity index is 686. The zero-order chi connectivity index (χ0) is 17.5. The van der Waals surface area contributed by atoms with Gasteiger partial charge in [-0.25, -0.2) is 9.78 Å². The first-order chi connectivity index (χ1) is 11.4. The average molecular weight is 329 g/mol. The van der Waals surface area contributed by atoms with Gasteiger partial charge in [0.2, 0.25) is 0 Å². The Morgan fingerprint density at radius 3 is 2.62 bits per heavy atom. The number of aromatic nitrogens is 2. The molecular weight excluding hydrogens is 306 g/mol. The van der Waals surface area contributed by atoms with Crippen molar-refractivity contribution in [3.05, 3.63) is 41.9 Å². The number of nitrogens with one attached hydrogen (secondary N) is 2. The Morgan fingerprint density at radius 2 is 1.96 bits per heavy atom. The molecule has 0 unspecified atom stereocenters. The van der Waals surface area contributed by atoms with Crippen molar-refractivity contribution < 1.29 is 9.53 Å². The molecule has 0 spiro atoms. The van der Waals surface area contributed by atoms with Crippen molar-refractivity contribution in [3.63, 3.8) is 0 Å². The standard InChI is InChI=1S/C17H23N5O2/c1-12-5-6-15(24-8-7-22(3)4)14(9-12)20-17(23)21-16-11-18-13(2)10-19-16/h5-6,9-11H,7-8H2,1-4H3,(H2,19,20,21,23). The minimum absolute atomic E-state index is 0.390. The Hall–Kier alpha value is -2.67. The van der Waals surface area contributed by atoms with Crippen LogP contribution in [0.1, 0.15) is 11.3 Å². The summed E-state index contributed by atoms with van der Waals surface area (Å²) >= 11 is 0. The monoisotopic (exact) mass is 329 g/mol. The highest BCUT2D eigenvalue weighted by Crippen LogP contribution is 2.25. The summed E-state index contributed by atoms with van der Waals surface area (Å²) in [5, 5.41) is 5.45. The number of carbonyl (C=O) groups excluding carboxylic acids is 1. The quantitative estimate of drug-likeness (QED) is 0.852. The van der Waals surface area contributed by atoms with Gasteiger partial charge in [-0.2, -0.15) is 0 Å². The third-order valence-corrected chi connectivity index (χ3v) is 3.20. The van der Waals surface area contributed by atoms with Gasteiger partial charge in [0.15, 0.2) is 5.82 Å². The van der Waals surface area contributed by atoms with E-state index in [1.807, 2.05) is 51.0 Å². The molecule has 128 valence electrons. The smallest absolute Gasteiger partial charge is 0.324 e. The van der Waals surface area contributed by atoms with E-state index in [1.165, 1.54) is 6.20 Å². The predicted octanol–water partition coefficient (Wildman–Crippen LogP) is 2.68. The number of nitrogens with zero attached hydrogens (tertiary/aromatic N) is 3. The van der Waals surface area contributed by atoms with E-state index < -0.39 is 6.03 Å². The fourth-order valence-electron chi connectivity index (χ4n) is 1.93. The molecule has 2 amide bonds. The molecule has 0 radical (unpaired) electrons. The molecule has 2 N–H and O–H groups in total. The number of hydrogen-bond donors (Lipinski definition) is 2. The summed E-state index contributed by atoms with van der Waals surface area (Å²) in [5.41, 5.74) is 2.43. The van der Waals surface area contributed by atoms with E-state index >= 15 is 0 Å². The van der Waals surface area contributed by atoms with Crippen LogP contribution in [0.4, 0.5) is 16.3 Å². The van der Waals surface area contributed by atoms with Crippen LogP contribution >= 0.6 is 0 Å². The van der Waals surface area contributed by atoms with E-state index in [4.69, 9.17) is 4.74 Å². The number of hydrogen-bond acceptors (Lipinski definition) is 5. The van der Waals surface area contributed by atoms with Gasteiger partial charge in [0.05, 0.1) is 23.8 Å². The number of rotatable bonds is 6. The Labute approximate surface area is 142 Å². The van der Waals surface area contributed by atoms with E-state index in [2.05, 4.69) is 20.6 Å². The van der Waals surface area contributed by atoms with Crippen molar-refractivity contribution >= 4 is 17.5 Å². The molecule has 1 aromatic carbocycles. The average Bonchev–Trinajstić information content (AvgIpc) is 2.51. The zero-order valence-electron chi connectivity index (χ0n) is 14.5. The normalized spacial score (nSPS) is 10.5. The molecular formula is C17H23N5O2. The molecule has 7 heteroatoms. The highest BCUT2D eigenvalue weighted by molar-refractivity contribution is 6.00. The summed E-state index contributed by atoms with van der Waals surface area (Å²) in [4.78, 5) is 22.4. The number of benzene rings is 1. The minimum atomic E-state index is -0.392. The molecule has 0 bridgehead atoms. The van der Waals surface area contributed by atoms with Crippen molar-refractivity contribution in [1.29, 1.82) is 0 Å². The zero-order valence-corrected chi connectivity index (χ0v) is 14.5. The molecule has 7 nitrogen and oxygen atoms in total. The summed E-state index contributed by atoms with van der Waals surface area (Å²) in [6, 6.07) is 5.27. The molecule has 0 fully saturated rings. The summed E-state index contributed by atoms with van der Waals surface area (Å²) in [5.74, 6) is 1.02. The van der Waals surface area contributed by atoms with Crippen LogP contribution < -0.4 is 15.4 Å². The van der Waals surface area contributed by atoms with Crippen molar-refractivity contribution in [2.24, 2.45) is 0 Å². The van der Waals surface area contributed by atoms with Gasteiger partial charge in [-0.1, -0.05) is 6.07 Å². The van der Waals surface area contributed by atoms with Gasteiger partial charge >= 0.3 is 6.03 Å². The Balaban J connectivity index is 2.02. The van der Waals surface area contributed by atoms with Crippen LogP contribution in [0, 0.1) is 13.8 Å². The topological polar surface area (TPSA) is 79.4 Å². The molecule has 24 heavy (non-hydrogen) atoms. The Kier molecular flexibility index (Phi) is 6.08. The third-order valence-electron chi connectivity index (χ3n) is 3.20. The molecule has 0 aliphatic rings. The number of likely N-dealkylation sites (N-methyl/N-ethyl adjacent to an activating group) is 1. The second kappa shape index (κ2) is 8.26. The number of amides is 2. The molecule has 0 saturated heterocycles.